The van der Waals surface area contributed by atoms with E-state index in [4.69, 9.17) is 0 Å². The van der Waals surface area contributed by atoms with Gasteiger partial charge in [0.2, 0.25) is 35.7 Å². The Hall–Kier alpha value is -5.60. The summed E-state index contributed by atoms with van der Waals surface area (Å²) in [6.07, 6.45) is -0.107. The lowest BCUT2D eigenvalue weighted by Crippen LogP contribution is -2.37. The maximum atomic E-state index is 12.7. The summed E-state index contributed by atoms with van der Waals surface area (Å²) in [7, 11) is -19.0. The third-order valence-corrected chi connectivity index (χ3v) is 12.4. The van der Waals surface area contributed by atoms with Crippen molar-refractivity contribution in [2.75, 3.05) is 108 Å². The number of nitrogens with zero attached hydrogens (tertiary/aromatic N) is 8. The Morgan fingerprint density at radius 2 is 0.886 bits per heavy atom. The van der Waals surface area contributed by atoms with Crippen molar-refractivity contribution in [3.05, 3.63) is 47.5 Å². The Kier molecular flexibility index (Phi) is 20.8. The fourth-order valence-corrected chi connectivity index (χ4v) is 8.08. The summed E-state index contributed by atoms with van der Waals surface area (Å²) in [4.78, 5) is 26.5. The van der Waals surface area contributed by atoms with Gasteiger partial charge < -0.3 is 61.7 Å². The molecule has 2 unspecified atom stereocenters. The highest BCUT2D eigenvalue weighted by atomic mass is 32.2. The average molecular weight is 1070 g/mol. The van der Waals surface area contributed by atoms with Gasteiger partial charge >= 0.3 is 0 Å². The third-order valence-electron chi connectivity index (χ3n) is 9.09. The summed E-state index contributed by atoms with van der Waals surface area (Å²) in [6, 6.07) is 6.86. The zero-order valence-electron chi connectivity index (χ0n) is 36.6. The van der Waals surface area contributed by atoms with Crippen LogP contribution in [-0.4, -0.2) is 202 Å². The van der Waals surface area contributed by atoms with Crippen LogP contribution in [0.15, 0.2) is 46.2 Å². The van der Waals surface area contributed by atoms with Gasteiger partial charge in [0.1, 0.15) is 9.79 Å². The van der Waals surface area contributed by atoms with Crippen molar-refractivity contribution in [2.24, 2.45) is 0 Å². The number of nitrogens with one attached hydrogen (secondary N) is 4. The summed E-state index contributed by atoms with van der Waals surface area (Å²) in [5.41, 5.74) is -0.567. The largest absolute Gasteiger partial charge is 0.396 e. The molecule has 14 N–H and O–H groups in total. The molecule has 30 nitrogen and oxygen atoms in total. The van der Waals surface area contributed by atoms with Crippen LogP contribution in [0.3, 0.4) is 0 Å². The van der Waals surface area contributed by atoms with Crippen molar-refractivity contribution < 1.29 is 82.5 Å². The van der Waals surface area contributed by atoms with Crippen molar-refractivity contribution in [3.8, 4) is 0 Å². The molecule has 0 aliphatic heterocycles. The normalized spacial score (nSPS) is 13.2. The molecule has 0 bridgehead atoms. The molecule has 2 heterocycles. The average Bonchev–Trinajstić information content (AvgIpc) is 3.27. The van der Waals surface area contributed by atoms with Crippen LogP contribution in [-0.2, 0) is 40.5 Å². The highest BCUT2D eigenvalue weighted by Crippen LogP contribution is 2.29. The van der Waals surface area contributed by atoms with Crippen LogP contribution in [0.2, 0.25) is 0 Å². The molecule has 0 spiro atoms. The van der Waals surface area contributed by atoms with Gasteiger partial charge in [-0.25, -0.2) is 0 Å². The van der Waals surface area contributed by atoms with Crippen molar-refractivity contribution in [1.82, 2.24) is 29.9 Å². The standard InChI is InChI=1S/C36H52N12O18S4/c49-13-1-11-47(19-27(53)21-51)35-43-31(37-9-15-67(55,56)57)41-33(45-35)39-25-7-5-23(29(17-25)69(61,62)63)3-4-24-6-8-26(18-30(24)70(64,65)66)40-34-42-32(38-10-16-68(58,59)60)44-36(46-34)48(12-2-14-50)20-28(54)22-52/h3-8,17-18,27-28,49-54H,1-2,9-16,19-22H2,(H,55,56,57)(H,58,59,60)(H,61,62,63)(H,64,65,66)(H2,37,39,41,43,45)(H2,38,40,42,44,46). The zero-order chi connectivity index (χ0) is 51.9. The summed E-state index contributed by atoms with van der Waals surface area (Å²) in [6.45, 7) is -3.09. The molecule has 4 aromatic rings. The first kappa shape index (κ1) is 57.0. The van der Waals surface area contributed by atoms with Gasteiger partial charge in [-0.2, -0.15) is 63.6 Å². The van der Waals surface area contributed by atoms with Gasteiger partial charge in [-0.3, -0.25) is 18.2 Å². The summed E-state index contributed by atoms with van der Waals surface area (Å²) >= 11 is 0. The lowest BCUT2D eigenvalue weighted by Gasteiger charge is -2.25. The second kappa shape index (κ2) is 25.5. The van der Waals surface area contributed by atoms with Gasteiger partial charge in [-0.1, -0.05) is 24.3 Å². The van der Waals surface area contributed by atoms with Crippen LogP contribution in [0.4, 0.5) is 47.1 Å². The Morgan fingerprint density at radius 3 is 1.20 bits per heavy atom. The lowest BCUT2D eigenvalue weighted by atomic mass is 10.1. The van der Waals surface area contributed by atoms with E-state index in [-0.39, 0.29) is 110 Å². The SMILES string of the molecule is O=S(=O)(O)CCNc1nc(Nc2ccc(C=Cc3ccc(Nc4nc(NCCS(=O)(=O)O)nc(N(CCCO)CC(O)CO)n4)cc3S(=O)(=O)O)c(S(=O)(=O)O)c2)nc(N(CCCO)CC(O)CO)n1. The highest BCUT2D eigenvalue weighted by molar-refractivity contribution is 7.86. The van der Waals surface area contributed by atoms with Crippen molar-refractivity contribution in [2.45, 2.75) is 34.8 Å². The molecule has 2 atom stereocenters. The van der Waals surface area contributed by atoms with E-state index in [9.17, 15) is 82.5 Å². The molecular weight excluding hydrogens is 1020 g/mol. The first-order valence-corrected chi connectivity index (χ1v) is 26.6. The molecule has 70 heavy (non-hydrogen) atoms. The minimum absolute atomic E-state index is 0.0430. The highest BCUT2D eigenvalue weighted by Gasteiger charge is 2.22. The van der Waals surface area contributed by atoms with E-state index in [1.165, 1.54) is 34.1 Å². The topological polar surface area (TPSA) is 471 Å². The molecule has 0 fully saturated rings. The summed E-state index contributed by atoms with van der Waals surface area (Å²) in [5, 5.41) is 68.7. The van der Waals surface area contributed by atoms with Crippen LogP contribution in [0.5, 0.6) is 0 Å². The first-order valence-electron chi connectivity index (χ1n) is 20.5. The zero-order valence-corrected chi connectivity index (χ0v) is 39.9. The van der Waals surface area contributed by atoms with Gasteiger partial charge in [-0.05, 0) is 48.2 Å². The van der Waals surface area contributed by atoms with E-state index >= 15 is 0 Å². The smallest absolute Gasteiger partial charge is 0.295 e. The molecule has 0 aliphatic carbocycles. The number of anilines is 8. The number of aliphatic hydroxyl groups is 6. The summed E-state index contributed by atoms with van der Waals surface area (Å²) < 4.78 is 135. The Morgan fingerprint density at radius 1 is 0.529 bits per heavy atom. The quantitative estimate of drug-likeness (QED) is 0.0196. The number of benzene rings is 2. The van der Waals surface area contributed by atoms with Crippen LogP contribution in [0.1, 0.15) is 24.0 Å². The number of hydrogen-bond acceptors (Lipinski definition) is 26. The van der Waals surface area contributed by atoms with Gasteiger partial charge in [0.05, 0.1) is 36.9 Å². The lowest BCUT2D eigenvalue weighted by molar-refractivity contribution is 0.0992. The van der Waals surface area contributed by atoms with E-state index in [1.807, 2.05) is 0 Å². The van der Waals surface area contributed by atoms with E-state index in [2.05, 4.69) is 51.2 Å². The maximum absolute atomic E-state index is 12.7. The third kappa shape index (κ3) is 19.0. The second-order valence-electron chi connectivity index (χ2n) is 14.7. The van der Waals surface area contributed by atoms with Gasteiger partial charge in [0.25, 0.3) is 40.5 Å². The number of rotatable bonds is 30. The maximum Gasteiger partial charge on any atom is 0.295 e. The molecule has 2 aromatic carbocycles. The van der Waals surface area contributed by atoms with Crippen LogP contribution in [0.25, 0.3) is 12.2 Å². The molecule has 388 valence electrons. The Bertz CT molecular complexity index is 2690. The van der Waals surface area contributed by atoms with Crippen molar-refractivity contribution >= 4 is 99.7 Å². The summed E-state index contributed by atoms with van der Waals surface area (Å²) in [5.74, 6) is -2.98. The molecule has 34 heteroatoms. The number of aromatic nitrogens is 6. The Labute approximate surface area is 401 Å². The van der Waals surface area contributed by atoms with Gasteiger partial charge in [-0.15, -0.1) is 0 Å². The van der Waals surface area contributed by atoms with E-state index < -0.39 is 100 Å². The molecule has 0 saturated heterocycles. The monoisotopic (exact) mass is 1070 g/mol. The molecule has 4 rings (SSSR count). The second-order valence-corrected chi connectivity index (χ2v) is 20.7. The Balaban J connectivity index is 1.72. The predicted molar refractivity (Wildman–Crippen MR) is 251 cm³/mol. The first-order chi connectivity index (χ1) is 32.8. The number of aliphatic hydroxyl groups excluding tert-OH is 6. The molecule has 0 aliphatic rings. The van der Waals surface area contributed by atoms with Gasteiger partial charge in [0, 0.05) is 63.9 Å². The molecular formula is C36H52N12O18S4. The minimum Gasteiger partial charge on any atom is -0.396 e. The fraction of sp³-hybridized carbons (Fsp3) is 0.444. The number of hydrogen-bond donors (Lipinski definition) is 14. The van der Waals surface area contributed by atoms with Crippen molar-refractivity contribution in [1.29, 1.82) is 0 Å². The van der Waals surface area contributed by atoms with Crippen molar-refractivity contribution in [3.63, 3.8) is 0 Å². The predicted octanol–water partition coefficient (Wildman–Crippen LogP) is -2.11. The van der Waals surface area contributed by atoms with Crippen LogP contribution < -0.4 is 31.1 Å². The van der Waals surface area contributed by atoms with E-state index in [0.717, 1.165) is 24.3 Å². The van der Waals surface area contributed by atoms with E-state index in [1.54, 1.807) is 0 Å². The minimum atomic E-state index is -5.06. The molecule has 0 radical (unpaired) electrons. The molecule has 0 amide bonds. The van der Waals surface area contributed by atoms with Crippen LogP contribution >= 0.6 is 0 Å². The molecule has 0 saturated carbocycles. The van der Waals surface area contributed by atoms with E-state index in [0.29, 0.717) is 0 Å². The van der Waals surface area contributed by atoms with Crippen LogP contribution in [0, 0.1) is 0 Å². The fourth-order valence-electron chi connectivity index (χ4n) is 5.94. The molecule has 2 aromatic heterocycles. The van der Waals surface area contributed by atoms with Gasteiger partial charge in [0.15, 0.2) is 0 Å².